The molecule has 0 aliphatic carbocycles. The molecule has 0 radical (unpaired) electrons. The minimum Gasteiger partial charge on any atom is -0.463 e. The molecule has 1 N–H and O–H groups in total. The number of aliphatic hydroxyl groups excluding tert-OH is 1. The summed E-state index contributed by atoms with van der Waals surface area (Å²) < 4.78 is 15.9. The Hall–Kier alpha value is -1.40. The van der Waals surface area contributed by atoms with Crippen molar-refractivity contribution >= 4 is 11.9 Å². The van der Waals surface area contributed by atoms with Crippen LogP contribution in [0.15, 0.2) is 12.2 Å². The molecular formula is C31H56O6. The SMILES string of the molecule is CCCCCCCCCC(=O)OC[C@@H](O)COC(=O)CCCCCCC/C=C\CC1OC1CCCCC. The van der Waals surface area contributed by atoms with Crippen LogP contribution in [-0.4, -0.2) is 48.6 Å². The Balaban J connectivity index is 1.85. The number of epoxide rings is 1. The maximum Gasteiger partial charge on any atom is 0.305 e. The number of carbonyl (C=O) groups excluding carboxylic acids is 2. The maximum atomic E-state index is 11.9. The van der Waals surface area contributed by atoms with Gasteiger partial charge in [-0.2, -0.15) is 0 Å². The smallest absolute Gasteiger partial charge is 0.305 e. The Kier molecular flexibility index (Phi) is 21.5. The Morgan fingerprint density at radius 1 is 0.703 bits per heavy atom. The summed E-state index contributed by atoms with van der Waals surface area (Å²) in [5.41, 5.74) is 0. The molecule has 6 nitrogen and oxygen atoms in total. The Bertz CT molecular complexity index is 590. The quantitative estimate of drug-likeness (QED) is 0.0543. The lowest BCUT2D eigenvalue weighted by atomic mass is 10.1. The molecule has 0 saturated carbocycles. The van der Waals surface area contributed by atoms with Gasteiger partial charge in [0, 0.05) is 12.8 Å². The van der Waals surface area contributed by atoms with Gasteiger partial charge in [-0.05, 0) is 38.5 Å². The first kappa shape index (κ1) is 33.6. The van der Waals surface area contributed by atoms with Gasteiger partial charge in [0.1, 0.15) is 19.3 Å². The molecule has 216 valence electrons. The second-order valence-corrected chi connectivity index (χ2v) is 10.6. The monoisotopic (exact) mass is 524 g/mol. The van der Waals surface area contributed by atoms with Crippen LogP contribution in [0.2, 0.25) is 0 Å². The predicted molar refractivity (Wildman–Crippen MR) is 149 cm³/mol. The summed E-state index contributed by atoms with van der Waals surface area (Å²) in [4.78, 5) is 23.6. The lowest BCUT2D eigenvalue weighted by Crippen LogP contribution is -2.25. The van der Waals surface area contributed by atoms with Crippen molar-refractivity contribution in [2.75, 3.05) is 13.2 Å². The molecule has 1 rings (SSSR count). The topological polar surface area (TPSA) is 85.4 Å². The molecule has 37 heavy (non-hydrogen) atoms. The van der Waals surface area contributed by atoms with E-state index in [2.05, 4.69) is 26.0 Å². The number of esters is 2. The summed E-state index contributed by atoms with van der Waals surface area (Å²) in [6.45, 7) is 4.19. The molecule has 1 heterocycles. The third kappa shape index (κ3) is 21.2. The van der Waals surface area contributed by atoms with Gasteiger partial charge >= 0.3 is 11.9 Å². The van der Waals surface area contributed by atoms with Crippen LogP contribution in [0.1, 0.15) is 142 Å². The average molecular weight is 525 g/mol. The average Bonchev–Trinajstić information content (AvgIpc) is 3.64. The summed E-state index contributed by atoms with van der Waals surface area (Å²) in [5, 5.41) is 9.89. The van der Waals surface area contributed by atoms with Crippen molar-refractivity contribution < 1.29 is 28.9 Å². The van der Waals surface area contributed by atoms with Crippen LogP contribution in [0.3, 0.4) is 0 Å². The van der Waals surface area contributed by atoms with E-state index in [4.69, 9.17) is 14.2 Å². The normalized spacial score (nSPS) is 17.7. The summed E-state index contributed by atoms with van der Waals surface area (Å²) >= 11 is 0. The highest BCUT2D eigenvalue weighted by atomic mass is 16.6. The number of allylic oxidation sites excluding steroid dienone is 1. The van der Waals surface area contributed by atoms with Gasteiger partial charge in [-0.15, -0.1) is 0 Å². The number of hydrogen-bond donors (Lipinski definition) is 1. The summed E-state index contributed by atoms with van der Waals surface area (Å²) in [6, 6.07) is 0. The zero-order valence-corrected chi connectivity index (χ0v) is 23.9. The fourth-order valence-electron chi connectivity index (χ4n) is 4.44. The summed E-state index contributed by atoms with van der Waals surface area (Å²) in [7, 11) is 0. The second-order valence-electron chi connectivity index (χ2n) is 10.6. The molecule has 6 heteroatoms. The van der Waals surface area contributed by atoms with Gasteiger partial charge in [-0.3, -0.25) is 9.59 Å². The Morgan fingerprint density at radius 3 is 1.81 bits per heavy atom. The zero-order chi connectivity index (χ0) is 27.0. The molecule has 0 spiro atoms. The molecule has 1 fully saturated rings. The molecule has 0 aromatic heterocycles. The van der Waals surface area contributed by atoms with Crippen molar-refractivity contribution in [1.29, 1.82) is 0 Å². The fourth-order valence-corrected chi connectivity index (χ4v) is 4.44. The van der Waals surface area contributed by atoms with Crippen molar-refractivity contribution in [1.82, 2.24) is 0 Å². The van der Waals surface area contributed by atoms with Crippen LogP contribution in [0.25, 0.3) is 0 Å². The van der Waals surface area contributed by atoms with E-state index in [0.29, 0.717) is 25.0 Å². The Morgan fingerprint density at radius 2 is 1.22 bits per heavy atom. The first-order chi connectivity index (χ1) is 18.1. The van der Waals surface area contributed by atoms with Crippen LogP contribution < -0.4 is 0 Å². The molecule has 0 bridgehead atoms. The van der Waals surface area contributed by atoms with Crippen molar-refractivity contribution in [3.8, 4) is 0 Å². The van der Waals surface area contributed by atoms with Crippen LogP contribution in [0.4, 0.5) is 0 Å². The standard InChI is InChI=1S/C31H56O6/c1-3-5-7-8-11-15-19-23-30(33)35-25-27(32)26-36-31(34)24-20-16-13-10-9-12-14-18-22-29-28(37-29)21-17-6-4-2/h14,18,27-29,32H,3-13,15-17,19-26H2,1-2H3/b18-14-/t27-,28?,29?/m1/s1. The van der Waals surface area contributed by atoms with E-state index in [9.17, 15) is 14.7 Å². The molecule has 0 aromatic rings. The highest BCUT2D eigenvalue weighted by molar-refractivity contribution is 5.69. The lowest BCUT2D eigenvalue weighted by Gasteiger charge is -2.12. The molecule has 1 aliphatic rings. The van der Waals surface area contributed by atoms with Crippen molar-refractivity contribution in [2.45, 2.75) is 161 Å². The molecule has 2 unspecified atom stereocenters. The van der Waals surface area contributed by atoms with Crippen molar-refractivity contribution in [2.24, 2.45) is 0 Å². The molecule has 0 aromatic carbocycles. The highest BCUT2D eigenvalue weighted by Crippen LogP contribution is 2.30. The van der Waals surface area contributed by atoms with Crippen LogP contribution in [0.5, 0.6) is 0 Å². The van der Waals surface area contributed by atoms with E-state index in [0.717, 1.165) is 51.4 Å². The van der Waals surface area contributed by atoms with Gasteiger partial charge in [-0.1, -0.05) is 103 Å². The van der Waals surface area contributed by atoms with E-state index >= 15 is 0 Å². The molecule has 3 atom stereocenters. The first-order valence-corrected chi connectivity index (χ1v) is 15.4. The van der Waals surface area contributed by atoms with E-state index in [1.807, 2.05) is 0 Å². The first-order valence-electron chi connectivity index (χ1n) is 15.4. The second kappa shape index (κ2) is 23.7. The largest absolute Gasteiger partial charge is 0.463 e. The van der Waals surface area contributed by atoms with Crippen molar-refractivity contribution in [3.63, 3.8) is 0 Å². The van der Waals surface area contributed by atoms with Gasteiger partial charge < -0.3 is 19.3 Å². The molecule has 1 saturated heterocycles. The van der Waals surface area contributed by atoms with Gasteiger partial charge in [0.2, 0.25) is 0 Å². The third-order valence-electron chi connectivity index (χ3n) is 6.92. The van der Waals surface area contributed by atoms with Crippen LogP contribution >= 0.6 is 0 Å². The van der Waals surface area contributed by atoms with E-state index in [1.165, 1.54) is 64.2 Å². The van der Waals surface area contributed by atoms with Gasteiger partial charge in [-0.25, -0.2) is 0 Å². The van der Waals surface area contributed by atoms with Gasteiger partial charge in [0.05, 0.1) is 12.2 Å². The molecule has 0 amide bonds. The molecular weight excluding hydrogens is 468 g/mol. The predicted octanol–water partition coefficient (Wildman–Crippen LogP) is 7.60. The van der Waals surface area contributed by atoms with Crippen molar-refractivity contribution in [3.05, 3.63) is 12.2 Å². The number of aliphatic hydroxyl groups is 1. The van der Waals surface area contributed by atoms with E-state index < -0.39 is 6.10 Å². The minimum absolute atomic E-state index is 0.121. The van der Waals surface area contributed by atoms with E-state index in [-0.39, 0.29) is 25.2 Å². The van der Waals surface area contributed by atoms with E-state index in [1.54, 1.807) is 0 Å². The minimum atomic E-state index is -0.964. The number of unbranched alkanes of at least 4 members (excludes halogenated alkanes) is 13. The van der Waals surface area contributed by atoms with Crippen LogP contribution in [0, 0.1) is 0 Å². The molecule has 1 aliphatic heterocycles. The van der Waals surface area contributed by atoms with Gasteiger partial charge in [0.25, 0.3) is 0 Å². The summed E-state index contributed by atoms with van der Waals surface area (Å²) in [6.07, 6.45) is 25.8. The maximum absolute atomic E-state index is 11.9. The number of carbonyl (C=O) groups is 2. The number of rotatable bonds is 26. The van der Waals surface area contributed by atoms with Crippen LogP contribution in [-0.2, 0) is 23.8 Å². The fraction of sp³-hybridized carbons (Fsp3) is 0.871. The zero-order valence-electron chi connectivity index (χ0n) is 23.9. The number of ether oxygens (including phenoxy) is 3. The Labute approximate surface area is 226 Å². The number of hydrogen-bond acceptors (Lipinski definition) is 6. The highest BCUT2D eigenvalue weighted by Gasteiger charge is 2.36. The summed E-state index contributed by atoms with van der Waals surface area (Å²) in [5.74, 6) is -0.593. The lowest BCUT2D eigenvalue weighted by molar-refractivity contribution is -0.152. The van der Waals surface area contributed by atoms with Gasteiger partial charge in [0.15, 0.2) is 0 Å². The third-order valence-corrected chi connectivity index (χ3v) is 6.92.